The van der Waals surface area contributed by atoms with Crippen LogP contribution in [0.5, 0.6) is 0 Å². The fourth-order valence-corrected chi connectivity index (χ4v) is 7.61. The molecule has 5 aliphatic rings. The van der Waals surface area contributed by atoms with Gasteiger partial charge in [0.05, 0.1) is 18.8 Å². The van der Waals surface area contributed by atoms with Gasteiger partial charge < -0.3 is 14.9 Å². The molecule has 118 valence electrons. The summed E-state index contributed by atoms with van der Waals surface area (Å²) >= 11 is 0. The highest BCUT2D eigenvalue weighted by atomic mass is 16.5. The van der Waals surface area contributed by atoms with E-state index in [2.05, 4.69) is 20.8 Å². The predicted octanol–water partition coefficient (Wildman–Crippen LogP) is 1.73. The number of hydrogen-bond donors (Lipinski definition) is 2. The van der Waals surface area contributed by atoms with Gasteiger partial charge in [-0.1, -0.05) is 27.2 Å². The van der Waals surface area contributed by atoms with Crippen molar-refractivity contribution in [2.75, 3.05) is 6.61 Å². The van der Waals surface area contributed by atoms with Crippen LogP contribution in [0.4, 0.5) is 0 Å². The van der Waals surface area contributed by atoms with Crippen LogP contribution < -0.4 is 0 Å². The molecule has 4 heteroatoms. The van der Waals surface area contributed by atoms with Gasteiger partial charge in [-0.2, -0.15) is 0 Å². The Morgan fingerprint density at radius 3 is 2.43 bits per heavy atom. The first-order chi connectivity index (χ1) is 9.68. The highest BCUT2D eigenvalue weighted by Gasteiger charge is 2.97. The molecule has 8 atom stereocenters. The van der Waals surface area contributed by atoms with Crippen LogP contribution in [0.2, 0.25) is 0 Å². The van der Waals surface area contributed by atoms with Gasteiger partial charge in [0.2, 0.25) is 0 Å². The summed E-state index contributed by atoms with van der Waals surface area (Å²) in [6.07, 6.45) is 2.09. The van der Waals surface area contributed by atoms with E-state index in [-0.39, 0.29) is 28.1 Å². The van der Waals surface area contributed by atoms with Crippen LogP contribution in [0.1, 0.15) is 47.0 Å². The van der Waals surface area contributed by atoms with Gasteiger partial charge >= 0.3 is 5.97 Å². The van der Waals surface area contributed by atoms with Crippen LogP contribution in [0.15, 0.2) is 0 Å². The van der Waals surface area contributed by atoms with E-state index in [0.717, 1.165) is 19.3 Å². The fraction of sp³-hybridized carbons (Fsp3) is 0.941. The molecule has 5 saturated carbocycles. The summed E-state index contributed by atoms with van der Waals surface area (Å²) in [5.41, 5.74) is -1.02. The zero-order chi connectivity index (χ0) is 15.4. The Labute approximate surface area is 125 Å². The summed E-state index contributed by atoms with van der Waals surface area (Å²) < 4.78 is 5.36. The van der Waals surface area contributed by atoms with Gasteiger partial charge in [0.1, 0.15) is 0 Å². The minimum absolute atomic E-state index is 0.0294. The zero-order valence-electron chi connectivity index (χ0n) is 13.3. The summed E-state index contributed by atoms with van der Waals surface area (Å²) in [4.78, 5) is 11.3. The maximum atomic E-state index is 11.3. The Kier molecular flexibility index (Phi) is 2.32. The summed E-state index contributed by atoms with van der Waals surface area (Å²) in [5, 5.41) is 22.2. The first-order valence-corrected chi connectivity index (χ1v) is 8.17. The second kappa shape index (κ2) is 3.48. The van der Waals surface area contributed by atoms with Crippen molar-refractivity contribution in [1.29, 1.82) is 0 Å². The lowest BCUT2D eigenvalue weighted by Gasteiger charge is -2.58. The second-order valence-electron chi connectivity index (χ2n) is 8.70. The monoisotopic (exact) mass is 294 g/mol. The van der Waals surface area contributed by atoms with Gasteiger partial charge in [-0.15, -0.1) is 0 Å². The van der Waals surface area contributed by atoms with E-state index in [1.807, 2.05) is 0 Å². The SMILES string of the molecule is CC(=O)OC[C@@]1(C)CCC[C@]2(C)[C@H]3[C@H]4[C@@H](O)[C@@]12[C@@H](O)[C@]43C. The van der Waals surface area contributed by atoms with Crippen molar-refractivity contribution in [2.45, 2.75) is 59.2 Å². The lowest BCUT2D eigenvalue weighted by atomic mass is 9.47. The molecule has 0 unspecified atom stereocenters. The highest BCUT2D eigenvalue weighted by Crippen LogP contribution is 2.94. The largest absolute Gasteiger partial charge is 0.465 e. The fourth-order valence-electron chi connectivity index (χ4n) is 7.61. The number of hydrogen-bond acceptors (Lipinski definition) is 4. The molecule has 0 heterocycles. The van der Waals surface area contributed by atoms with Crippen molar-refractivity contribution in [2.24, 2.45) is 33.5 Å². The molecule has 0 radical (unpaired) electrons. The van der Waals surface area contributed by atoms with Crippen LogP contribution in [-0.4, -0.2) is 35.0 Å². The molecule has 5 aliphatic carbocycles. The van der Waals surface area contributed by atoms with Gasteiger partial charge in [-0.25, -0.2) is 0 Å². The molecule has 4 bridgehead atoms. The Bertz CT molecular complexity index is 533. The number of aliphatic hydroxyl groups is 2. The second-order valence-corrected chi connectivity index (χ2v) is 8.70. The third-order valence-electron chi connectivity index (χ3n) is 8.11. The molecule has 0 aromatic rings. The summed E-state index contributed by atoms with van der Waals surface area (Å²) in [5.74, 6) is 0.370. The van der Waals surface area contributed by atoms with Crippen LogP contribution in [-0.2, 0) is 9.53 Å². The van der Waals surface area contributed by atoms with E-state index in [9.17, 15) is 15.0 Å². The minimum Gasteiger partial charge on any atom is -0.465 e. The van der Waals surface area contributed by atoms with E-state index in [1.54, 1.807) is 0 Å². The Morgan fingerprint density at radius 2 is 1.90 bits per heavy atom. The van der Waals surface area contributed by atoms with Crippen molar-refractivity contribution in [3.8, 4) is 0 Å². The number of ether oxygens (including phenoxy) is 1. The molecule has 0 aromatic heterocycles. The Morgan fingerprint density at radius 1 is 1.24 bits per heavy atom. The first kappa shape index (κ1) is 14.0. The molecule has 2 N–H and O–H groups in total. The predicted molar refractivity (Wildman–Crippen MR) is 76.2 cm³/mol. The van der Waals surface area contributed by atoms with E-state index in [4.69, 9.17) is 4.74 Å². The van der Waals surface area contributed by atoms with E-state index >= 15 is 0 Å². The number of rotatable bonds is 2. The summed E-state index contributed by atoms with van der Waals surface area (Å²) in [7, 11) is 0. The van der Waals surface area contributed by atoms with Crippen molar-refractivity contribution < 1.29 is 19.7 Å². The molecule has 0 aliphatic heterocycles. The molecule has 0 amide bonds. The third kappa shape index (κ3) is 1.09. The van der Waals surface area contributed by atoms with Crippen molar-refractivity contribution in [3.63, 3.8) is 0 Å². The van der Waals surface area contributed by atoms with Crippen LogP contribution in [0.3, 0.4) is 0 Å². The van der Waals surface area contributed by atoms with Crippen LogP contribution >= 0.6 is 0 Å². The summed E-state index contributed by atoms with van der Waals surface area (Å²) in [6, 6.07) is 0. The average molecular weight is 294 g/mol. The van der Waals surface area contributed by atoms with Crippen molar-refractivity contribution in [1.82, 2.24) is 0 Å². The lowest BCUT2D eigenvalue weighted by Crippen LogP contribution is -2.61. The van der Waals surface area contributed by atoms with Gasteiger partial charge in [0, 0.05) is 23.2 Å². The van der Waals surface area contributed by atoms with Gasteiger partial charge in [-0.05, 0) is 30.1 Å². The normalized spacial score (nSPS) is 63.3. The minimum atomic E-state index is -0.516. The lowest BCUT2D eigenvalue weighted by molar-refractivity contribution is -0.201. The summed E-state index contributed by atoms with van der Waals surface area (Å²) in [6.45, 7) is 8.24. The quantitative estimate of drug-likeness (QED) is 0.761. The number of aliphatic hydroxyl groups excluding tert-OH is 2. The molecule has 1 spiro atoms. The third-order valence-corrected chi connectivity index (χ3v) is 8.11. The van der Waals surface area contributed by atoms with Crippen molar-refractivity contribution >= 4 is 5.97 Å². The molecule has 0 saturated heterocycles. The number of esters is 1. The van der Waals surface area contributed by atoms with Gasteiger partial charge in [0.25, 0.3) is 0 Å². The molecule has 21 heavy (non-hydrogen) atoms. The maximum Gasteiger partial charge on any atom is 0.302 e. The zero-order valence-corrected chi connectivity index (χ0v) is 13.3. The molecule has 0 aromatic carbocycles. The van der Waals surface area contributed by atoms with E-state index < -0.39 is 17.6 Å². The Hall–Kier alpha value is -0.610. The van der Waals surface area contributed by atoms with E-state index in [0.29, 0.717) is 12.5 Å². The molecular weight excluding hydrogens is 268 g/mol. The van der Waals surface area contributed by atoms with Gasteiger partial charge in [-0.3, -0.25) is 4.79 Å². The van der Waals surface area contributed by atoms with Gasteiger partial charge in [0.15, 0.2) is 0 Å². The Balaban J connectivity index is 1.83. The smallest absolute Gasteiger partial charge is 0.302 e. The maximum absolute atomic E-state index is 11.3. The first-order valence-electron chi connectivity index (χ1n) is 8.17. The highest BCUT2D eigenvalue weighted by molar-refractivity contribution is 5.66. The molecule has 5 rings (SSSR count). The van der Waals surface area contributed by atoms with E-state index in [1.165, 1.54) is 6.92 Å². The van der Waals surface area contributed by atoms with Crippen LogP contribution in [0, 0.1) is 33.5 Å². The standard InChI is InChI=1S/C17H26O4/c1-9(18)21-8-14(2)6-5-7-15(3)11-10-12(19)17(14,15)13(20)16(10,11)4/h10-13,19-20H,5-8H2,1-4H3/t10-,11+,12+,13-,14+,15+,16+,17+/m0/s1. The molecule has 5 fully saturated rings. The molecular formula is C17H26O4. The van der Waals surface area contributed by atoms with Crippen LogP contribution in [0.25, 0.3) is 0 Å². The number of carbonyl (C=O) groups is 1. The van der Waals surface area contributed by atoms with Crippen molar-refractivity contribution in [3.05, 3.63) is 0 Å². The number of carbonyl (C=O) groups excluding carboxylic acids is 1. The average Bonchev–Trinajstić information content (AvgIpc) is 2.85. The molecule has 4 nitrogen and oxygen atoms in total. The topological polar surface area (TPSA) is 66.8 Å².